The predicted molar refractivity (Wildman–Crippen MR) is 183 cm³/mol. The van der Waals surface area contributed by atoms with E-state index in [4.69, 9.17) is 21.9 Å². The van der Waals surface area contributed by atoms with Gasteiger partial charge in [0.15, 0.2) is 5.96 Å². The molecule has 0 bridgehead atoms. The van der Waals surface area contributed by atoms with E-state index in [1.807, 2.05) is 0 Å². The number of allylic oxidation sites excluding steroid dienone is 1. The summed E-state index contributed by atoms with van der Waals surface area (Å²) in [5, 5.41) is 0. The fourth-order valence-electron chi connectivity index (χ4n) is 10.4. The van der Waals surface area contributed by atoms with Crippen molar-refractivity contribution in [1.82, 2.24) is 4.90 Å². The van der Waals surface area contributed by atoms with Crippen molar-refractivity contribution in [2.45, 2.75) is 131 Å². The largest absolute Gasteiger partial charge is 0.462 e. The molecule has 0 aromatic carbocycles. The van der Waals surface area contributed by atoms with Gasteiger partial charge in [-0.2, -0.15) is 0 Å². The molecule has 0 radical (unpaired) electrons. The number of carbonyl (C=O) groups is 1. The van der Waals surface area contributed by atoms with Gasteiger partial charge in [-0.15, -0.1) is 0 Å². The van der Waals surface area contributed by atoms with E-state index in [-0.39, 0.29) is 23.4 Å². The number of rotatable bonds is 16. The van der Waals surface area contributed by atoms with Crippen LogP contribution in [0.5, 0.6) is 0 Å². The van der Waals surface area contributed by atoms with E-state index < -0.39 is 0 Å². The molecule has 4 rings (SSSR count). The van der Waals surface area contributed by atoms with Crippen molar-refractivity contribution >= 4 is 11.9 Å². The average molecular weight is 614 g/mol. The summed E-state index contributed by atoms with van der Waals surface area (Å²) in [6.07, 6.45) is 19.0. The van der Waals surface area contributed by atoms with Crippen molar-refractivity contribution in [2.75, 3.05) is 32.7 Å². The first-order valence-electron chi connectivity index (χ1n) is 18.3. The lowest BCUT2D eigenvalue weighted by atomic mass is 9.47. The lowest BCUT2D eigenvalue weighted by molar-refractivity contribution is -0.152. The van der Waals surface area contributed by atoms with Crippen LogP contribution in [-0.2, 0) is 9.53 Å². The maximum absolute atomic E-state index is 13.0. The van der Waals surface area contributed by atoms with Gasteiger partial charge in [-0.05, 0) is 124 Å². The second-order valence-corrected chi connectivity index (χ2v) is 16.0. The Morgan fingerprint density at radius 1 is 1.00 bits per heavy atom. The molecule has 252 valence electrons. The van der Waals surface area contributed by atoms with Gasteiger partial charge >= 0.3 is 5.97 Å². The number of guanidine groups is 1. The van der Waals surface area contributed by atoms with Crippen molar-refractivity contribution in [3.05, 3.63) is 11.6 Å². The maximum atomic E-state index is 13.0. The van der Waals surface area contributed by atoms with Gasteiger partial charge < -0.3 is 26.8 Å². The molecule has 4 aliphatic carbocycles. The lowest BCUT2D eigenvalue weighted by Crippen LogP contribution is -2.51. The van der Waals surface area contributed by atoms with Crippen LogP contribution in [0.15, 0.2) is 16.6 Å². The second kappa shape index (κ2) is 15.8. The maximum Gasteiger partial charge on any atom is 0.307 e. The molecule has 7 heteroatoms. The number of aliphatic imine (C=N–C) groups is 1. The van der Waals surface area contributed by atoms with E-state index in [1.54, 1.807) is 5.57 Å². The van der Waals surface area contributed by atoms with Gasteiger partial charge in [0.1, 0.15) is 6.10 Å². The smallest absolute Gasteiger partial charge is 0.307 e. The Bertz CT molecular complexity index is 992. The molecule has 3 saturated carbocycles. The van der Waals surface area contributed by atoms with E-state index in [9.17, 15) is 4.79 Å². The zero-order valence-corrected chi connectivity index (χ0v) is 29.0. The Balaban J connectivity index is 1.30. The summed E-state index contributed by atoms with van der Waals surface area (Å²) < 4.78 is 6.12. The minimum Gasteiger partial charge on any atom is -0.462 e. The van der Waals surface area contributed by atoms with E-state index in [0.29, 0.717) is 31.5 Å². The Morgan fingerprint density at radius 3 is 2.50 bits per heavy atom. The highest BCUT2D eigenvalue weighted by Crippen LogP contribution is 2.67. The quantitative estimate of drug-likeness (QED) is 0.0590. The summed E-state index contributed by atoms with van der Waals surface area (Å²) in [4.78, 5) is 19.3. The number of carbonyl (C=O) groups excluding carboxylic acids is 1. The standard InChI is InChI=1S/C37H67N5O2/c1-26(2)9-6-10-27(3)31-13-14-32-30-12-11-28-25-29(15-18-36(28,4)33(30)16-19-37(31,32)5)44-34(43)17-24-42(22-7-20-38)23-8-21-41-35(39)40/h11,26-27,29-33H,6-10,12-25,38H2,1-5H3,(H4,39,40,41). The fourth-order valence-corrected chi connectivity index (χ4v) is 10.4. The van der Waals surface area contributed by atoms with Gasteiger partial charge in [-0.3, -0.25) is 9.79 Å². The van der Waals surface area contributed by atoms with Crippen LogP contribution in [-0.4, -0.2) is 55.7 Å². The monoisotopic (exact) mass is 614 g/mol. The minimum absolute atomic E-state index is 0.0224. The Morgan fingerprint density at radius 2 is 1.77 bits per heavy atom. The van der Waals surface area contributed by atoms with Crippen LogP contribution in [0, 0.1) is 46.3 Å². The van der Waals surface area contributed by atoms with Crippen LogP contribution < -0.4 is 17.2 Å². The molecule has 4 aliphatic rings. The van der Waals surface area contributed by atoms with E-state index in [0.717, 1.165) is 80.7 Å². The van der Waals surface area contributed by atoms with Crippen LogP contribution in [0.1, 0.15) is 125 Å². The Labute approximate surface area is 269 Å². The SMILES string of the molecule is CC(C)CCCC(C)C1CCC2C3CC=C4CC(OC(=O)CCN(CCCN)CCCN=C(N)N)CCC4(C)C3CCC12C. The molecule has 0 saturated heterocycles. The molecule has 6 N–H and O–H groups in total. The Kier molecular flexibility index (Phi) is 12.7. The molecule has 0 heterocycles. The number of esters is 1. The minimum atomic E-state index is -0.0668. The van der Waals surface area contributed by atoms with E-state index >= 15 is 0 Å². The highest BCUT2D eigenvalue weighted by Gasteiger charge is 2.59. The average Bonchev–Trinajstić information content (AvgIpc) is 3.33. The summed E-state index contributed by atoms with van der Waals surface area (Å²) in [6, 6.07) is 0. The molecule has 0 aromatic rings. The van der Waals surface area contributed by atoms with Crippen molar-refractivity contribution in [3.63, 3.8) is 0 Å². The molecule has 44 heavy (non-hydrogen) atoms. The first-order valence-corrected chi connectivity index (χ1v) is 18.3. The molecule has 7 nitrogen and oxygen atoms in total. The van der Waals surface area contributed by atoms with Crippen molar-refractivity contribution in [1.29, 1.82) is 0 Å². The van der Waals surface area contributed by atoms with Crippen LogP contribution in [0.2, 0.25) is 0 Å². The van der Waals surface area contributed by atoms with Gasteiger partial charge in [-0.1, -0.05) is 65.5 Å². The van der Waals surface area contributed by atoms with Crippen LogP contribution >= 0.6 is 0 Å². The van der Waals surface area contributed by atoms with Crippen molar-refractivity contribution in [2.24, 2.45) is 68.5 Å². The highest BCUT2D eigenvalue weighted by atomic mass is 16.5. The highest BCUT2D eigenvalue weighted by molar-refractivity contribution is 5.75. The third kappa shape index (κ3) is 8.40. The van der Waals surface area contributed by atoms with Gasteiger partial charge in [0, 0.05) is 19.5 Å². The predicted octanol–water partition coefficient (Wildman–Crippen LogP) is 6.64. The van der Waals surface area contributed by atoms with Crippen LogP contribution in [0.3, 0.4) is 0 Å². The Hall–Kier alpha value is -1.60. The first kappa shape index (κ1) is 35.3. The van der Waals surface area contributed by atoms with Gasteiger partial charge in [0.05, 0.1) is 6.42 Å². The summed E-state index contributed by atoms with van der Waals surface area (Å²) in [5.74, 6) is 5.15. The second-order valence-electron chi connectivity index (χ2n) is 16.0. The number of fused-ring (bicyclic) bond motifs is 5. The third-order valence-corrected chi connectivity index (χ3v) is 12.8. The normalized spacial score (nSPS) is 33.7. The summed E-state index contributed by atoms with van der Waals surface area (Å²) >= 11 is 0. The molecule has 8 unspecified atom stereocenters. The zero-order chi connectivity index (χ0) is 31.9. The molecule has 3 fully saturated rings. The number of nitrogens with two attached hydrogens (primary N) is 3. The zero-order valence-electron chi connectivity index (χ0n) is 29.0. The molecule has 0 spiro atoms. The molecule has 0 aromatic heterocycles. The van der Waals surface area contributed by atoms with Crippen LogP contribution in [0.25, 0.3) is 0 Å². The number of hydrogen-bond acceptors (Lipinski definition) is 5. The van der Waals surface area contributed by atoms with Gasteiger partial charge in [-0.25, -0.2) is 0 Å². The third-order valence-electron chi connectivity index (χ3n) is 12.8. The van der Waals surface area contributed by atoms with Gasteiger partial charge in [0.2, 0.25) is 0 Å². The molecule has 0 aliphatic heterocycles. The fraction of sp³-hybridized carbons (Fsp3) is 0.892. The molecular weight excluding hydrogens is 546 g/mol. The molecule has 8 atom stereocenters. The number of nitrogens with zero attached hydrogens (tertiary/aromatic N) is 2. The number of hydrogen-bond donors (Lipinski definition) is 3. The van der Waals surface area contributed by atoms with Gasteiger partial charge in [0.25, 0.3) is 0 Å². The summed E-state index contributed by atoms with van der Waals surface area (Å²) in [5.41, 5.74) is 19.0. The van der Waals surface area contributed by atoms with E-state index in [2.05, 4.69) is 50.6 Å². The topological polar surface area (TPSA) is 120 Å². The molecule has 0 amide bonds. The van der Waals surface area contributed by atoms with Crippen LogP contribution in [0.4, 0.5) is 0 Å². The summed E-state index contributed by atoms with van der Waals surface area (Å²) in [6.45, 7) is 16.2. The van der Waals surface area contributed by atoms with Crippen molar-refractivity contribution in [3.8, 4) is 0 Å². The summed E-state index contributed by atoms with van der Waals surface area (Å²) in [7, 11) is 0. The van der Waals surface area contributed by atoms with Crippen molar-refractivity contribution < 1.29 is 9.53 Å². The molecular formula is C37H67N5O2. The first-order chi connectivity index (χ1) is 21.0. The number of ether oxygens (including phenoxy) is 1. The lowest BCUT2D eigenvalue weighted by Gasteiger charge is -2.58. The van der Waals surface area contributed by atoms with E-state index in [1.165, 1.54) is 51.4 Å².